The van der Waals surface area contributed by atoms with Crippen molar-refractivity contribution in [2.45, 2.75) is 79.6 Å². The van der Waals surface area contributed by atoms with Gasteiger partial charge in [-0.2, -0.15) is 0 Å². The molecule has 0 radical (unpaired) electrons. The van der Waals surface area contributed by atoms with Crippen LogP contribution < -0.4 is 0 Å². The average molecular weight is 329 g/mol. The van der Waals surface area contributed by atoms with Gasteiger partial charge in [0.25, 0.3) is 0 Å². The molecule has 0 saturated carbocycles. The van der Waals surface area contributed by atoms with Crippen LogP contribution in [0.5, 0.6) is 0 Å². The number of likely N-dealkylation sites (tertiary alicyclic amines) is 1. The summed E-state index contributed by atoms with van der Waals surface area (Å²) in [7, 11) is 0. The molecule has 0 aliphatic carbocycles. The van der Waals surface area contributed by atoms with Crippen molar-refractivity contribution < 1.29 is 19.5 Å². The van der Waals surface area contributed by atoms with E-state index in [1.54, 1.807) is 6.92 Å². The van der Waals surface area contributed by atoms with E-state index in [1.807, 2.05) is 32.6 Å². The van der Waals surface area contributed by atoms with E-state index in [9.17, 15) is 14.4 Å². The number of hydrogen-bond donors (Lipinski definition) is 1. The summed E-state index contributed by atoms with van der Waals surface area (Å²) in [6.07, 6.45) is 5.71. The quantitative estimate of drug-likeness (QED) is 0.830. The van der Waals surface area contributed by atoms with Crippen molar-refractivity contribution in [3.8, 4) is 0 Å². The number of rotatable bonds is 5. The van der Waals surface area contributed by atoms with Crippen LogP contribution in [0.15, 0.2) is 0 Å². The average Bonchev–Trinajstić information content (AvgIpc) is 2.83. The molecule has 5 heteroatoms. The molecule has 0 aromatic carbocycles. The normalized spacial score (nSPS) is 15.1. The Labute approximate surface area is 141 Å². The molecule has 1 unspecified atom stereocenters. The van der Waals surface area contributed by atoms with E-state index in [-0.39, 0.29) is 24.0 Å². The van der Waals surface area contributed by atoms with E-state index in [0.29, 0.717) is 12.8 Å². The van der Waals surface area contributed by atoms with Crippen LogP contribution in [0.25, 0.3) is 0 Å². The summed E-state index contributed by atoms with van der Waals surface area (Å²) in [5.74, 6) is -0.928. The minimum Gasteiger partial charge on any atom is -0.481 e. The van der Waals surface area contributed by atoms with Crippen LogP contribution >= 0.6 is 0 Å². The molecule has 1 N–H and O–H groups in total. The van der Waals surface area contributed by atoms with Crippen molar-refractivity contribution in [3.63, 3.8) is 0 Å². The Hall–Kier alpha value is -1.39. The number of ketones is 1. The molecule has 1 aliphatic heterocycles. The Bertz CT molecular complexity index is 334. The number of aliphatic carboxylic acids is 1. The van der Waals surface area contributed by atoms with E-state index in [2.05, 4.69) is 0 Å². The van der Waals surface area contributed by atoms with Gasteiger partial charge in [-0.05, 0) is 26.2 Å². The van der Waals surface area contributed by atoms with Gasteiger partial charge in [-0.1, -0.05) is 40.5 Å². The zero-order valence-corrected chi connectivity index (χ0v) is 15.6. The van der Waals surface area contributed by atoms with Crippen molar-refractivity contribution in [2.24, 2.45) is 5.92 Å². The highest BCUT2D eigenvalue weighted by Crippen LogP contribution is 2.17. The lowest BCUT2D eigenvalue weighted by Gasteiger charge is -2.24. The molecule has 1 fully saturated rings. The largest absolute Gasteiger partial charge is 0.481 e. The molecule has 1 heterocycles. The fourth-order valence-corrected chi connectivity index (χ4v) is 2.17. The standard InChI is InChI=1S/C12H21NO3.C4H8O.C2H6/c1-2-10(9-11(14)15)12(16)13-7-5-3-4-6-8-13;1-3-4(2)5;1-2/h10H,2-9H2,1H3,(H,14,15);3H2,1-2H3;1-2H3. The highest BCUT2D eigenvalue weighted by atomic mass is 16.4. The molecule has 0 aromatic heterocycles. The second-order valence-corrected chi connectivity index (χ2v) is 5.50. The Balaban J connectivity index is 0. The van der Waals surface area contributed by atoms with Gasteiger partial charge in [-0.15, -0.1) is 0 Å². The second kappa shape index (κ2) is 15.5. The van der Waals surface area contributed by atoms with Crippen molar-refractivity contribution in [2.75, 3.05) is 13.1 Å². The third-order valence-corrected chi connectivity index (χ3v) is 3.68. The van der Waals surface area contributed by atoms with Crippen LogP contribution in [0, 0.1) is 5.92 Å². The molecule has 23 heavy (non-hydrogen) atoms. The summed E-state index contributed by atoms with van der Waals surface area (Å²) in [5.41, 5.74) is 0. The van der Waals surface area contributed by atoms with Crippen molar-refractivity contribution in [1.29, 1.82) is 0 Å². The Morgan fingerprint density at radius 3 is 1.74 bits per heavy atom. The molecule has 136 valence electrons. The Morgan fingerprint density at radius 1 is 1.00 bits per heavy atom. The molecule has 5 nitrogen and oxygen atoms in total. The van der Waals surface area contributed by atoms with E-state index >= 15 is 0 Å². The molecule has 0 spiro atoms. The van der Waals surface area contributed by atoms with Gasteiger partial charge < -0.3 is 14.8 Å². The summed E-state index contributed by atoms with van der Waals surface area (Å²) in [6, 6.07) is 0. The monoisotopic (exact) mass is 329 g/mol. The lowest BCUT2D eigenvalue weighted by atomic mass is 10.0. The summed E-state index contributed by atoms with van der Waals surface area (Å²) in [5, 5.41) is 8.75. The number of nitrogens with zero attached hydrogens (tertiary/aromatic N) is 1. The van der Waals surface area contributed by atoms with Crippen LogP contribution in [-0.2, 0) is 14.4 Å². The number of hydrogen-bond acceptors (Lipinski definition) is 3. The molecule has 1 aliphatic rings. The van der Waals surface area contributed by atoms with Crippen molar-refractivity contribution in [3.05, 3.63) is 0 Å². The summed E-state index contributed by atoms with van der Waals surface area (Å²) >= 11 is 0. The van der Waals surface area contributed by atoms with Crippen molar-refractivity contribution >= 4 is 17.7 Å². The van der Waals surface area contributed by atoms with Gasteiger partial charge in [0.15, 0.2) is 0 Å². The molecule has 1 amide bonds. The van der Waals surface area contributed by atoms with E-state index in [1.165, 1.54) is 12.8 Å². The first-order valence-corrected chi connectivity index (χ1v) is 8.92. The number of carbonyl (C=O) groups is 3. The predicted molar refractivity (Wildman–Crippen MR) is 93.4 cm³/mol. The minimum atomic E-state index is -0.880. The molecule has 1 atom stereocenters. The van der Waals surface area contributed by atoms with Crippen molar-refractivity contribution in [1.82, 2.24) is 4.90 Å². The number of carbonyl (C=O) groups excluding carboxylic acids is 2. The van der Waals surface area contributed by atoms with E-state index in [4.69, 9.17) is 5.11 Å². The van der Waals surface area contributed by atoms with E-state index in [0.717, 1.165) is 25.9 Å². The Kier molecular flexibility index (Phi) is 16.1. The maximum Gasteiger partial charge on any atom is 0.304 e. The second-order valence-electron chi connectivity index (χ2n) is 5.50. The van der Waals surface area contributed by atoms with Gasteiger partial charge in [-0.25, -0.2) is 0 Å². The fraction of sp³-hybridized carbons (Fsp3) is 0.833. The zero-order chi connectivity index (χ0) is 18.3. The first-order chi connectivity index (χ1) is 10.9. The number of carboxylic acid groups (broad SMARTS) is 1. The first-order valence-electron chi connectivity index (χ1n) is 8.92. The van der Waals surface area contributed by atoms with Crippen LogP contribution in [-0.4, -0.2) is 40.8 Å². The number of amides is 1. The fourth-order valence-electron chi connectivity index (χ4n) is 2.17. The highest BCUT2D eigenvalue weighted by molar-refractivity contribution is 5.83. The summed E-state index contributed by atoms with van der Waals surface area (Å²) in [6.45, 7) is 10.9. The van der Waals surface area contributed by atoms with Gasteiger partial charge in [0.2, 0.25) is 5.91 Å². The first kappa shape index (κ1) is 23.9. The molecule has 1 saturated heterocycles. The van der Waals surface area contributed by atoms with Gasteiger partial charge in [-0.3, -0.25) is 9.59 Å². The van der Waals surface area contributed by atoms with Crippen LogP contribution in [0.1, 0.15) is 79.6 Å². The van der Waals surface area contributed by atoms with Gasteiger partial charge in [0.05, 0.1) is 6.42 Å². The lowest BCUT2D eigenvalue weighted by molar-refractivity contribution is -0.144. The van der Waals surface area contributed by atoms with E-state index < -0.39 is 5.97 Å². The third-order valence-electron chi connectivity index (χ3n) is 3.68. The molecule has 0 bridgehead atoms. The smallest absolute Gasteiger partial charge is 0.304 e. The SMILES string of the molecule is CC.CCC(C)=O.CCC(CC(=O)O)C(=O)N1CCCCCC1. The van der Waals surface area contributed by atoms with Gasteiger partial charge >= 0.3 is 5.97 Å². The van der Waals surface area contributed by atoms with Gasteiger partial charge in [0.1, 0.15) is 5.78 Å². The maximum atomic E-state index is 12.1. The molecule has 0 aromatic rings. The van der Waals surface area contributed by atoms with Crippen LogP contribution in [0.2, 0.25) is 0 Å². The Morgan fingerprint density at radius 2 is 1.43 bits per heavy atom. The molecule has 1 rings (SSSR count). The van der Waals surface area contributed by atoms with Crippen LogP contribution in [0.4, 0.5) is 0 Å². The third kappa shape index (κ3) is 12.8. The predicted octanol–water partition coefficient (Wildman–Crippen LogP) is 3.90. The topological polar surface area (TPSA) is 74.7 Å². The van der Waals surface area contributed by atoms with Gasteiger partial charge in [0, 0.05) is 25.4 Å². The lowest BCUT2D eigenvalue weighted by Crippen LogP contribution is -2.37. The number of carboxylic acids is 1. The maximum absolute atomic E-state index is 12.1. The molecular formula is C18H35NO4. The summed E-state index contributed by atoms with van der Waals surface area (Å²) in [4.78, 5) is 34.4. The summed E-state index contributed by atoms with van der Waals surface area (Å²) < 4.78 is 0. The minimum absolute atomic E-state index is 0.0341. The molecular weight excluding hydrogens is 294 g/mol. The van der Waals surface area contributed by atoms with Crippen LogP contribution in [0.3, 0.4) is 0 Å². The zero-order valence-electron chi connectivity index (χ0n) is 15.6. The number of Topliss-reactive ketones (excluding diaryl/α,β-unsaturated/α-hetero) is 1. The highest BCUT2D eigenvalue weighted by Gasteiger charge is 2.25.